The van der Waals surface area contributed by atoms with Crippen LogP contribution in [0.1, 0.15) is 52.6 Å². The molecular formula is C32H34N4O2. The summed E-state index contributed by atoms with van der Waals surface area (Å²) in [6.07, 6.45) is 5.78. The van der Waals surface area contributed by atoms with Crippen molar-refractivity contribution in [2.24, 2.45) is 0 Å². The number of rotatable bonds is 7. The van der Waals surface area contributed by atoms with Crippen LogP contribution < -0.4 is 10.1 Å². The highest BCUT2D eigenvalue weighted by Crippen LogP contribution is 2.31. The van der Waals surface area contributed by atoms with Crippen LogP contribution in [0.25, 0.3) is 0 Å². The van der Waals surface area contributed by atoms with E-state index in [0.717, 1.165) is 69.2 Å². The van der Waals surface area contributed by atoms with Crippen molar-refractivity contribution in [3.8, 4) is 11.5 Å². The van der Waals surface area contributed by atoms with E-state index >= 15 is 0 Å². The highest BCUT2D eigenvalue weighted by Gasteiger charge is 2.26. The molecule has 1 amide bonds. The first kappa shape index (κ1) is 24.4. The number of carbonyl (C=O) groups is 1. The fraction of sp³-hybridized carbons (Fsp3) is 0.312. The zero-order valence-electron chi connectivity index (χ0n) is 21.6. The molecule has 1 atom stereocenters. The molecule has 6 nitrogen and oxygen atoms in total. The van der Waals surface area contributed by atoms with Gasteiger partial charge in [0.15, 0.2) is 0 Å². The van der Waals surface area contributed by atoms with Crippen LogP contribution in [0.5, 0.6) is 11.5 Å². The quantitative estimate of drug-likeness (QED) is 0.344. The minimum atomic E-state index is -0.0487. The van der Waals surface area contributed by atoms with Gasteiger partial charge in [0, 0.05) is 50.8 Å². The number of para-hydroxylation sites is 1. The SMILES string of the molecule is O=C(NC1CCN(Cc2ccccc2)CC1)c1cn2c(n1)CCC(c1ccc(Oc3ccccc3)cc1)C2. The topological polar surface area (TPSA) is 59.4 Å². The third-order valence-electron chi connectivity index (χ3n) is 7.73. The monoisotopic (exact) mass is 506 g/mol. The van der Waals surface area contributed by atoms with Crippen LogP contribution in [0.15, 0.2) is 91.1 Å². The second-order valence-electron chi connectivity index (χ2n) is 10.4. The molecule has 1 N–H and O–H groups in total. The molecule has 3 heterocycles. The van der Waals surface area contributed by atoms with Crippen LogP contribution in [0.4, 0.5) is 0 Å². The second kappa shape index (κ2) is 11.2. The average molecular weight is 507 g/mol. The van der Waals surface area contributed by atoms with Gasteiger partial charge in [-0.2, -0.15) is 0 Å². The van der Waals surface area contributed by atoms with Crippen molar-refractivity contribution in [1.29, 1.82) is 0 Å². The van der Waals surface area contributed by atoms with Gasteiger partial charge in [-0.05, 0) is 54.7 Å². The van der Waals surface area contributed by atoms with Crippen molar-refractivity contribution in [1.82, 2.24) is 19.8 Å². The molecule has 4 aromatic rings. The fourth-order valence-electron chi connectivity index (χ4n) is 5.59. The lowest BCUT2D eigenvalue weighted by Crippen LogP contribution is -2.44. The largest absolute Gasteiger partial charge is 0.457 e. The van der Waals surface area contributed by atoms with E-state index in [2.05, 4.69) is 57.2 Å². The van der Waals surface area contributed by atoms with Crippen molar-refractivity contribution >= 4 is 5.91 Å². The Hall–Kier alpha value is -3.90. The van der Waals surface area contributed by atoms with E-state index in [1.54, 1.807) is 0 Å². The number of hydrogen-bond donors (Lipinski definition) is 1. The third-order valence-corrected chi connectivity index (χ3v) is 7.73. The minimum Gasteiger partial charge on any atom is -0.457 e. The number of piperidine rings is 1. The summed E-state index contributed by atoms with van der Waals surface area (Å²) in [5.41, 5.74) is 3.17. The zero-order valence-corrected chi connectivity index (χ0v) is 21.6. The van der Waals surface area contributed by atoms with E-state index in [1.807, 2.05) is 48.7 Å². The number of imidazole rings is 1. The van der Waals surface area contributed by atoms with Crippen LogP contribution in [-0.2, 0) is 19.5 Å². The molecule has 0 aliphatic carbocycles. The molecule has 1 unspecified atom stereocenters. The van der Waals surface area contributed by atoms with Crippen LogP contribution in [0.3, 0.4) is 0 Å². The first-order chi connectivity index (χ1) is 18.7. The number of aromatic nitrogens is 2. The van der Waals surface area contributed by atoms with Crippen molar-refractivity contribution in [2.75, 3.05) is 13.1 Å². The van der Waals surface area contributed by atoms with E-state index in [4.69, 9.17) is 9.72 Å². The van der Waals surface area contributed by atoms with Gasteiger partial charge >= 0.3 is 0 Å². The molecule has 1 aromatic heterocycles. The highest BCUT2D eigenvalue weighted by molar-refractivity contribution is 5.92. The Morgan fingerprint density at radius 3 is 2.29 bits per heavy atom. The van der Waals surface area contributed by atoms with Crippen LogP contribution in [-0.4, -0.2) is 39.5 Å². The number of aryl methyl sites for hydroxylation is 1. The number of nitrogens with one attached hydrogen (secondary N) is 1. The third kappa shape index (κ3) is 5.81. The van der Waals surface area contributed by atoms with E-state index < -0.39 is 0 Å². The van der Waals surface area contributed by atoms with Gasteiger partial charge in [-0.15, -0.1) is 0 Å². The number of fused-ring (bicyclic) bond motifs is 1. The molecule has 3 aromatic carbocycles. The first-order valence-electron chi connectivity index (χ1n) is 13.7. The Bertz CT molecular complexity index is 1340. The van der Waals surface area contributed by atoms with Crippen molar-refractivity contribution in [3.05, 3.63) is 114 Å². The van der Waals surface area contributed by atoms with Gasteiger partial charge in [0.2, 0.25) is 0 Å². The van der Waals surface area contributed by atoms with Gasteiger partial charge in [0.25, 0.3) is 5.91 Å². The smallest absolute Gasteiger partial charge is 0.271 e. The maximum Gasteiger partial charge on any atom is 0.271 e. The van der Waals surface area contributed by atoms with Gasteiger partial charge in [-0.3, -0.25) is 9.69 Å². The summed E-state index contributed by atoms with van der Waals surface area (Å²) in [5.74, 6) is 3.03. The number of ether oxygens (including phenoxy) is 1. The predicted octanol–water partition coefficient (Wildman–Crippen LogP) is 5.80. The maximum atomic E-state index is 13.0. The van der Waals surface area contributed by atoms with E-state index in [9.17, 15) is 4.79 Å². The van der Waals surface area contributed by atoms with Gasteiger partial charge in [-0.1, -0.05) is 60.7 Å². The molecule has 1 fully saturated rings. The van der Waals surface area contributed by atoms with Gasteiger partial charge in [-0.25, -0.2) is 4.98 Å². The molecule has 0 spiro atoms. The Labute approximate surface area is 224 Å². The summed E-state index contributed by atoms with van der Waals surface area (Å²) < 4.78 is 8.11. The number of carbonyl (C=O) groups excluding carboxylic acids is 1. The number of hydrogen-bond acceptors (Lipinski definition) is 4. The molecule has 6 rings (SSSR count). The number of nitrogens with zero attached hydrogens (tertiary/aromatic N) is 3. The summed E-state index contributed by atoms with van der Waals surface area (Å²) in [6, 6.07) is 29.0. The maximum absolute atomic E-state index is 13.0. The lowest BCUT2D eigenvalue weighted by molar-refractivity contribution is 0.0904. The van der Waals surface area contributed by atoms with E-state index in [-0.39, 0.29) is 11.9 Å². The second-order valence-corrected chi connectivity index (χ2v) is 10.4. The van der Waals surface area contributed by atoms with Crippen molar-refractivity contribution in [3.63, 3.8) is 0 Å². The number of amides is 1. The summed E-state index contributed by atoms with van der Waals surface area (Å²) in [4.78, 5) is 20.2. The Balaban J connectivity index is 1.02. The summed E-state index contributed by atoms with van der Waals surface area (Å²) in [7, 11) is 0. The van der Waals surface area contributed by atoms with Crippen LogP contribution in [0, 0.1) is 0 Å². The molecule has 0 radical (unpaired) electrons. The highest BCUT2D eigenvalue weighted by atomic mass is 16.5. The van der Waals surface area contributed by atoms with E-state index in [1.165, 1.54) is 11.1 Å². The summed E-state index contributed by atoms with van der Waals surface area (Å²) in [5, 5.41) is 3.24. The number of benzene rings is 3. The molecule has 6 heteroatoms. The molecular weight excluding hydrogens is 472 g/mol. The molecule has 0 bridgehead atoms. The Morgan fingerprint density at radius 2 is 1.55 bits per heavy atom. The summed E-state index contributed by atoms with van der Waals surface area (Å²) >= 11 is 0. The average Bonchev–Trinajstić information content (AvgIpc) is 3.40. The lowest BCUT2D eigenvalue weighted by atomic mass is 9.91. The normalized spacial score (nSPS) is 18.1. The van der Waals surface area contributed by atoms with Crippen LogP contribution in [0.2, 0.25) is 0 Å². The van der Waals surface area contributed by atoms with Crippen molar-refractivity contribution in [2.45, 2.75) is 50.7 Å². The van der Waals surface area contributed by atoms with E-state index in [0.29, 0.717) is 11.6 Å². The minimum absolute atomic E-state index is 0.0487. The molecule has 0 saturated carbocycles. The number of likely N-dealkylation sites (tertiary alicyclic amines) is 1. The molecule has 2 aliphatic heterocycles. The predicted molar refractivity (Wildman–Crippen MR) is 148 cm³/mol. The molecule has 1 saturated heterocycles. The molecule has 194 valence electrons. The summed E-state index contributed by atoms with van der Waals surface area (Å²) in [6.45, 7) is 3.80. The standard InChI is InChI=1S/C32H34N4O2/c37-32(33-27-17-19-35(20-18-27)21-24-7-3-1-4-8-24)30-23-36-22-26(13-16-31(36)34-30)25-11-14-29(15-12-25)38-28-9-5-2-6-10-28/h1-12,14-15,23,26-27H,13,16-22H2,(H,33,37). The zero-order chi connectivity index (χ0) is 25.7. The Morgan fingerprint density at radius 1 is 0.868 bits per heavy atom. The van der Waals surface area contributed by atoms with Gasteiger partial charge in [0.1, 0.15) is 23.0 Å². The Kier molecular flexibility index (Phi) is 7.22. The first-order valence-corrected chi connectivity index (χ1v) is 13.7. The van der Waals surface area contributed by atoms with Gasteiger partial charge < -0.3 is 14.6 Å². The molecule has 2 aliphatic rings. The van der Waals surface area contributed by atoms with Gasteiger partial charge in [0.05, 0.1) is 0 Å². The lowest BCUT2D eigenvalue weighted by Gasteiger charge is -2.32. The fourth-order valence-corrected chi connectivity index (χ4v) is 5.59. The molecule has 38 heavy (non-hydrogen) atoms. The van der Waals surface area contributed by atoms with Crippen molar-refractivity contribution < 1.29 is 9.53 Å². The van der Waals surface area contributed by atoms with Crippen LogP contribution >= 0.6 is 0 Å².